The second-order valence-corrected chi connectivity index (χ2v) is 28.9. The van der Waals surface area contributed by atoms with Gasteiger partial charge in [0.25, 0.3) is 46.9 Å². The van der Waals surface area contributed by atoms with Gasteiger partial charge in [-0.15, -0.1) is 0 Å². The highest BCUT2D eigenvalue weighted by Crippen LogP contribution is 2.70. The van der Waals surface area contributed by atoms with Gasteiger partial charge in [-0.1, -0.05) is 7.43 Å². The maximum absolute atomic E-state index is 12.7. The number of aromatic nitrogens is 12. The van der Waals surface area contributed by atoms with Crippen LogP contribution in [-0.4, -0.2) is 188 Å². The molecule has 58 heteroatoms. The lowest BCUT2D eigenvalue weighted by Crippen LogP contribution is -2.34. The van der Waals surface area contributed by atoms with Crippen molar-refractivity contribution in [3.8, 4) is 0 Å². The summed E-state index contributed by atoms with van der Waals surface area (Å²) >= 11 is 0. The SMILES string of the molecule is C.CP(=O)([O-])O.Nc1ncnc2c1ncn2C1OC(COP(=O)([O-])OP(=O)([O-])O)C(O)C1O.[BH3-]P(=O)(OP(=O)([O-])OP(=O)([O-])OCC1OC(n2cnc3c(N)ncnc32)C(O)C1O)OP(=O)([O-])OP(=O)([O-])OCC1OC(n2cnc3c(N)ncnc32)C(O)C1O. The number of aliphatic hydroxyl groups excluding tert-OH is 6. The number of rotatable bonds is 22. The van der Waals surface area contributed by atoms with E-state index in [1.54, 1.807) is 0 Å². The summed E-state index contributed by atoms with van der Waals surface area (Å²) in [7, 11) is -47.5. The van der Waals surface area contributed by atoms with Crippen molar-refractivity contribution >= 4 is 121 Å². The lowest BCUT2D eigenvalue weighted by atomic mass is 10.1. The van der Waals surface area contributed by atoms with E-state index < -0.39 is 163 Å². The third-order valence-electron chi connectivity index (χ3n) is 11.1. The minimum Gasteiger partial charge on any atom is -0.779 e. The van der Waals surface area contributed by atoms with Gasteiger partial charge >= 0.3 is 0 Å². The van der Waals surface area contributed by atoms with Crippen LogP contribution in [0.4, 0.5) is 17.5 Å². The number of aliphatic hydroxyl groups is 6. The molecule has 0 radical (unpaired) electrons. The van der Waals surface area contributed by atoms with E-state index >= 15 is 0 Å². The maximum atomic E-state index is 12.7. The molecular weight excluding hydrogens is 1400 g/mol. The van der Waals surface area contributed by atoms with E-state index in [0.717, 1.165) is 47.4 Å². The van der Waals surface area contributed by atoms with Gasteiger partial charge in [0.15, 0.2) is 60.6 Å². The number of imidazole rings is 3. The number of hydrogen-bond acceptors (Lipinski definition) is 44. The molecule has 506 valence electrons. The van der Waals surface area contributed by atoms with Crippen LogP contribution >= 0.6 is 62.0 Å². The van der Waals surface area contributed by atoms with E-state index in [2.05, 4.69) is 80.0 Å². The number of nitrogens with two attached hydrogens (primary N) is 3. The van der Waals surface area contributed by atoms with E-state index in [1.165, 1.54) is 10.9 Å². The first-order chi connectivity index (χ1) is 40.9. The largest absolute Gasteiger partial charge is 0.779 e. The number of ether oxygens (including phenoxy) is 3. The summed E-state index contributed by atoms with van der Waals surface area (Å²) < 4.78 is 145. The lowest BCUT2D eigenvalue weighted by molar-refractivity contribution is -0.245. The Bertz CT molecular complexity index is 3770. The molecule has 9 heterocycles. The fraction of sp³-hybridized carbons (Fsp3) is 0.531. The van der Waals surface area contributed by atoms with Crippen molar-refractivity contribution in [1.29, 1.82) is 0 Å². The topological polar surface area (TPSA) is 770 Å². The Kier molecular flexibility index (Phi) is 23.7. The Balaban J connectivity index is 0.000000324. The van der Waals surface area contributed by atoms with E-state index in [9.17, 15) is 101 Å². The minimum absolute atomic E-state index is 0. The highest BCUT2D eigenvalue weighted by Gasteiger charge is 2.48. The summed E-state index contributed by atoms with van der Waals surface area (Å²) in [6, 6.07) is 0. The number of anilines is 3. The van der Waals surface area contributed by atoms with E-state index in [-0.39, 0.29) is 58.4 Å². The standard InChI is InChI=1S/C20H31BN10O21P5.C10H15N5O10P2.CH5O3P.CH4/c21-53(36,49-56(41,42)51-54(37,38)45-1-7-11(32)13(34)19(47-7)30-5-28-9-15(22)24-3-26-17(9)30)50-57(43,44)52-55(39,40)46-2-8-12(33)14(35)20(48-8)31-6-29-10-16(23)25-4-27-18(10)31;11-8-5-9(13-2-12-8)15(3-14-5)10-7(17)6(16)4(24-10)1-23-27(21,22)25-26(18,19)20;1-5(2,3)4;/h3-8,11-14,19-20,32-35H,1-2H2,21H3,(H,37,38)(H,39,40)(H,41,42)(H,43,44)(H2,22,24,26)(H2,23,25,27);2-4,6-7,10,16-17H,1H2,(H,21,22)(H2,11,12,13)(H2,18,19,20);1H3,(H2,2,3,4);1H4/q-1;;;/p-7. The quantitative estimate of drug-likeness (QED) is 0.0222. The molecule has 90 heavy (non-hydrogen) atoms. The van der Waals surface area contributed by atoms with Crippen LogP contribution in [0.5, 0.6) is 0 Å². The molecule has 0 aliphatic carbocycles. The average Bonchev–Trinajstić information content (AvgIpc) is 1.65. The molecular formula is C32H48BN15O34P8-8. The van der Waals surface area contributed by atoms with Crippen molar-refractivity contribution in [2.24, 2.45) is 0 Å². The van der Waals surface area contributed by atoms with Crippen molar-refractivity contribution in [2.45, 2.75) is 81.0 Å². The Hall–Kier alpha value is -4.09. The van der Waals surface area contributed by atoms with Crippen LogP contribution in [0, 0.1) is 0 Å². The van der Waals surface area contributed by atoms with Gasteiger partial charge in [-0.3, -0.25) is 49.7 Å². The third kappa shape index (κ3) is 19.3. The smallest absolute Gasteiger partial charge is 0.279 e. The normalized spacial score (nSPS) is 29.7. The van der Waals surface area contributed by atoms with Crippen molar-refractivity contribution in [3.05, 3.63) is 38.0 Å². The number of hydrogen-bond donors (Lipinski definition) is 11. The first-order valence-electron chi connectivity index (χ1n) is 22.9. The first-order valence-corrected chi connectivity index (χ1v) is 34.9. The lowest BCUT2D eigenvalue weighted by Gasteiger charge is -2.37. The number of nitrogens with zero attached hydrogens (tertiary/aromatic N) is 12. The van der Waals surface area contributed by atoms with Crippen LogP contribution in [0.1, 0.15) is 26.1 Å². The number of phosphoric ester groups is 3. The molecule has 0 aromatic carbocycles. The molecule has 49 nitrogen and oxygen atoms in total. The van der Waals surface area contributed by atoms with Crippen LogP contribution in [0.2, 0.25) is 0 Å². The van der Waals surface area contributed by atoms with Gasteiger partial charge in [-0.05, 0) is 0 Å². The van der Waals surface area contributed by atoms with Crippen LogP contribution in [-0.2, 0) is 85.9 Å². The van der Waals surface area contributed by atoms with Gasteiger partial charge < -0.3 is 129 Å². The van der Waals surface area contributed by atoms with Crippen molar-refractivity contribution in [2.75, 3.05) is 43.7 Å². The Labute approximate surface area is 501 Å². The summed E-state index contributed by atoms with van der Waals surface area (Å²) in [6.07, 6.45) is -12.5. The van der Waals surface area contributed by atoms with Crippen molar-refractivity contribution in [3.63, 3.8) is 0 Å². The molecule has 9 rings (SSSR count). The highest BCUT2D eigenvalue weighted by atomic mass is 31.3. The average molecular weight is 1450 g/mol. The van der Waals surface area contributed by atoms with Gasteiger partial charge in [0.1, 0.15) is 98.1 Å². The summed E-state index contributed by atoms with van der Waals surface area (Å²) in [5, 5.41) is 62.0. The van der Waals surface area contributed by atoms with Gasteiger partial charge in [0.05, 0.1) is 46.4 Å². The molecule has 19 atom stereocenters. The predicted molar refractivity (Wildman–Crippen MR) is 278 cm³/mol. The summed E-state index contributed by atoms with van der Waals surface area (Å²) in [5.41, 5.74) is 17.8. The molecule has 14 N–H and O–H groups in total. The van der Waals surface area contributed by atoms with E-state index in [0.29, 0.717) is 0 Å². The molecule has 6 aromatic rings. The van der Waals surface area contributed by atoms with Crippen LogP contribution < -0.4 is 51.5 Å². The number of fused-ring (bicyclic) bond motifs is 3. The summed E-state index contributed by atoms with van der Waals surface area (Å²) in [5.74, 6) is -0.00194. The molecule has 0 saturated carbocycles. The molecule has 3 fully saturated rings. The molecule has 3 saturated heterocycles. The van der Waals surface area contributed by atoms with E-state index in [1.807, 2.05) is 0 Å². The first kappa shape index (κ1) is 74.9. The van der Waals surface area contributed by atoms with Gasteiger partial charge in [0, 0.05) is 6.66 Å². The van der Waals surface area contributed by atoms with Gasteiger partial charge in [-0.2, -0.15) is 0 Å². The van der Waals surface area contributed by atoms with Crippen LogP contribution in [0.25, 0.3) is 33.5 Å². The molecule has 3 aliphatic heterocycles. The van der Waals surface area contributed by atoms with Gasteiger partial charge in [-0.25, -0.2) is 57.8 Å². The van der Waals surface area contributed by atoms with Crippen molar-refractivity contribution < 1.29 is 161 Å². The minimum atomic E-state index is -6.38. The fourth-order valence-corrected chi connectivity index (χ4v) is 14.6. The zero-order chi connectivity index (χ0) is 66.4. The van der Waals surface area contributed by atoms with Crippen molar-refractivity contribution in [1.82, 2.24) is 58.6 Å². The van der Waals surface area contributed by atoms with E-state index in [4.69, 9.17) is 41.2 Å². The second-order valence-electron chi connectivity index (χ2n) is 17.4. The molecule has 3 aliphatic rings. The molecule has 19 unspecified atom stereocenters. The maximum Gasteiger partial charge on any atom is 0.279 e. The molecule has 0 spiro atoms. The zero-order valence-electron chi connectivity index (χ0n) is 42.9. The predicted octanol–water partition coefficient (Wildman–Crippen LogP) is -8.70. The number of phosphoric acid groups is 6. The fourth-order valence-electron chi connectivity index (χ4n) is 7.60. The monoisotopic (exact) mass is 1450 g/mol. The number of nitrogen functional groups attached to an aromatic ring is 3. The highest BCUT2D eigenvalue weighted by molar-refractivity contribution is 7.87. The zero-order valence-corrected chi connectivity index (χ0v) is 50.0. The Morgan fingerprint density at radius 2 is 0.711 bits per heavy atom. The Morgan fingerprint density at radius 3 is 0.967 bits per heavy atom. The van der Waals surface area contributed by atoms with Crippen LogP contribution in [0.15, 0.2) is 38.0 Å². The van der Waals surface area contributed by atoms with Gasteiger partial charge in [0.2, 0.25) is 0 Å². The summed E-state index contributed by atoms with van der Waals surface area (Å²) in [4.78, 5) is 131. The molecule has 0 bridgehead atoms. The third-order valence-corrected chi connectivity index (χ3v) is 20.0. The molecule has 0 amide bonds. The van der Waals surface area contributed by atoms with Crippen LogP contribution in [0.3, 0.4) is 0 Å². The Morgan fingerprint density at radius 1 is 0.456 bits per heavy atom. The second kappa shape index (κ2) is 28.5. The summed E-state index contributed by atoms with van der Waals surface area (Å²) in [6.45, 7) is -2.56. The molecule has 6 aromatic heterocycles.